The van der Waals surface area contributed by atoms with Crippen LogP contribution in [0.2, 0.25) is 0 Å². The molecule has 0 amide bonds. The van der Waals surface area contributed by atoms with Crippen LogP contribution >= 0.6 is 0 Å². The second-order valence-corrected chi connectivity index (χ2v) is 10.4. The van der Waals surface area contributed by atoms with Crippen LogP contribution in [0.4, 0.5) is 8.78 Å². The molecule has 0 fully saturated rings. The monoisotopic (exact) mass is 509 g/mol. The van der Waals surface area contributed by atoms with Crippen molar-refractivity contribution in [2.45, 2.75) is 103 Å². The summed E-state index contributed by atoms with van der Waals surface area (Å²) in [4.78, 5) is 27.2. The lowest BCUT2D eigenvalue weighted by Gasteiger charge is -2.47. The Balaban J connectivity index is 1.95. The van der Waals surface area contributed by atoms with E-state index in [1.807, 2.05) is 27.7 Å². The van der Waals surface area contributed by atoms with Gasteiger partial charge in [0, 0.05) is 35.8 Å². The Morgan fingerprint density at radius 2 is 2.00 bits per heavy atom. The Hall–Kier alpha value is -2.71. The smallest absolute Gasteiger partial charge is 0.311 e. The van der Waals surface area contributed by atoms with Crippen molar-refractivity contribution in [3.63, 3.8) is 0 Å². The second-order valence-electron chi connectivity index (χ2n) is 10.4. The summed E-state index contributed by atoms with van der Waals surface area (Å²) in [6, 6.07) is 2.71. The van der Waals surface area contributed by atoms with E-state index in [0.29, 0.717) is 17.7 Å². The molecular weight excluding hydrogens is 472 g/mol. The number of ether oxygens (including phenoxy) is 2. The molecular formula is C27H37F2NO6. The lowest BCUT2D eigenvalue weighted by atomic mass is 9.67. The molecule has 0 saturated carbocycles. The van der Waals surface area contributed by atoms with E-state index in [9.17, 15) is 14.9 Å². The zero-order valence-electron chi connectivity index (χ0n) is 21.6. The maximum absolute atomic E-state index is 15.3. The summed E-state index contributed by atoms with van der Waals surface area (Å²) in [5.41, 5.74) is 1.03. The Bertz CT molecular complexity index is 991. The molecule has 9 heteroatoms. The van der Waals surface area contributed by atoms with E-state index in [1.54, 1.807) is 0 Å². The van der Waals surface area contributed by atoms with E-state index in [1.165, 1.54) is 17.7 Å². The zero-order valence-corrected chi connectivity index (χ0v) is 21.6. The molecule has 1 aromatic carbocycles. The fourth-order valence-electron chi connectivity index (χ4n) is 5.29. The summed E-state index contributed by atoms with van der Waals surface area (Å²) in [5, 5.41) is 9.40. The third-order valence-electron chi connectivity index (χ3n) is 7.20. The standard InChI is InChI=1S/C27H37F2NO6/c1-5-6-7-8-13-27(28,29)19-16-22(35-24(31)10-9-14-34-30(32)33)25-20-15-18(2)11-12-21(20)26(3,4)36-23(25)17-19/h11,16-17,20-21H,5-10,12-15H2,1-4H3/t20-,21-/m1/s1. The van der Waals surface area contributed by atoms with Gasteiger partial charge in [-0.1, -0.05) is 37.8 Å². The number of allylic oxidation sites excluding steroid dienone is 2. The van der Waals surface area contributed by atoms with Crippen molar-refractivity contribution in [1.29, 1.82) is 0 Å². The fraction of sp³-hybridized carbons (Fsp3) is 0.667. The van der Waals surface area contributed by atoms with E-state index in [0.717, 1.165) is 32.1 Å². The fourth-order valence-corrected chi connectivity index (χ4v) is 5.29. The molecule has 1 aliphatic heterocycles. The van der Waals surface area contributed by atoms with Gasteiger partial charge in [-0.25, -0.2) is 8.78 Å². The Morgan fingerprint density at radius 1 is 1.25 bits per heavy atom. The van der Waals surface area contributed by atoms with Crippen molar-refractivity contribution in [2.24, 2.45) is 5.92 Å². The van der Waals surface area contributed by atoms with Crippen molar-refractivity contribution in [3.05, 3.63) is 45.0 Å². The number of unbranched alkanes of at least 4 members (excludes halogenated alkanes) is 3. The van der Waals surface area contributed by atoms with Crippen molar-refractivity contribution in [1.82, 2.24) is 0 Å². The van der Waals surface area contributed by atoms with Crippen LogP contribution < -0.4 is 9.47 Å². The number of fused-ring (bicyclic) bond motifs is 3. The summed E-state index contributed by atoms with van der Waals surface area (Å²) in [6.07, 6.45) is 6.29. The first-order chi connectivity index (χ1) is 16.9. The van der Waals surface area contributed by atoms with E-state index >= 15 is 8.78 Å². The average Bonchev–Trinajstić information content (AvgIpc) is 2.78. The van der Waals surface area contributed by atoms with Crippen LogP contribution in [-0.4, -0.2) is 23.3 Å². The zero-order chi connectivity index (χ0) is 26.5. The number of esters is 1. The molecule has 0 bridgehead atoms. The lowest BCUT2D eigenvalue weighted by Crippen LogP contribution is -2.45. The van der Waals surface area contributed by atoms with Crippen LogP contribution in [0.25, 0.3) is 0 Å². The predicted molar refractivity (Wildman–Crippen MR) is 131 cm³/mol. The highest BCUT2D eigenvalue weighted by Crippen LogP contribution is 2.55. The molecule has 3 rings (SSSR count). The number of hydrogen-bond acceptors (Lipinski definition) is 6. The highest BCUT2D eigenvalue weighted by atomic mass is 19.3. The van der Waals surface area contributed by atoms with Crippen molar-refractivity contribution < 1.29 is 33.0 Å². The molecule has 0 saturated heterocycles. The largest absolute Gasteiger partial charge is 0.487 e. The number of halogens is 2. The van der Waals surface area contributed by atoms with Gasteiger partial charge in [0.15, 0.2) is 0 Å². The van der Waals surface area contributed by atoms with Crippen molar-refractivity contribution >= 4 is 5.97 Å². The first-order valence-corrected chi connectivity index (χ1v) is 12.8. The molecule has 2 atom stereocenters. The SMILES string of the molecule is CCCCCCC(F)(F)c1cc(OC(=O)CCCO[N+](=O)[O-])c2c(c1)OC(C)(C)[C@@H]1CC=C(C)C[C@@H]21. The molecule has 36 heavy (non-hydrogen) atoms. The summed E-state index contributed by atoms with van der Waals surface area (Å²) in [5.74, 6) is -3.27. The summed E-state index contributed by atoms with van der Waals surface area (Å²) in [7, 11) is 0. The molecule has 0 spiro atoms. The number of alkyl halides is 2. The Morgan fingerprint density at radius 3 is 2.69 bits per heavy atom. The molecule has 0 unspecified atom stereocenters. The van der Waals surface area contributed by atoms with Gasteiger partial charge >= 0.3 is 5.97 Å². The average molecular weight is 510 g/mol. The number of nitrogens with zero attached hydrogens (tertiary/aromatic N) is 1. The number of carbonyl (C=O) groups excluding carboxylic acids is 1. The molecule has 1 heterocycles. The normalized spacial score (nSPS) is 20.4. The van der Waals surface area contributed by atoms with E-state index in [4.69, 9.17) is 9.47 Å². The predicted octanol–water partition coefficient (Wildman–Crippen LogP) is 7.25. The van der Waals surface area contributed by atoms with Crippen LogP contribution in [0.1, 0.15) is 103 Å². The summed E-state index contributed by atoms with van der Waals surface area (Å²) >= 11 is 0. The maximum atomic E-state index is 15.3. The molecule has 1 aromatic rings. The van der Waals surface area contributed by atoms with Crippen molar-refractivity contribution in [2.75, 3.05) is 6.61 Å². The molecule has 0 N–H and O–H groups in total. The van der Waals surface area contributed by atoms with Crippen LogP contribution in [-0.2, 0) is 15.6 Å². The number of carbonyl (C=O) groups is 1. The summed E-state index contributed by atoms with van der Waals surface area (Å²) in [6.45, 7) is 7.76. The Kier molecular flexibility index (Phi) is 8.95. The lowest BCUT2D eigenvalue weighted by molar-refractivity contribution is -0.757. The molecule has 200 valence electrons. The summed E-state index contributed by atoms with van der Waals surface area (Å²) < 4.78 is 42.5. The molecule has 7 nitrogen and oxygen atoms in total. The van der Waals surface area contributed by atoms with Crippen LogP contribution in [0.3, 0.4) is 0 Å². The number of rotatable bonds is 12. The third-order valence-corrected chi connectivity index (χ3v) is 7.20. The van der Waals surface area contributed by atoms with E-state index < -0.39 is 22.6 Å². The van der Waals surface area contributed by atoms with Gasteiger partial charge in [0.05, 0.1) is 6.61 Å². The van der Waals surface area contributed by atoms with E-state index in [2.05, 4.69) is 10.9 Å². The Labute approximate surface area is 211 Å². The highest BCUT2D eigenvalue weighted by Gasteiger charge is 2.47. The molecule has 1 aliphatic carbocycles. The number of benzene rings is 1. The van der Waals surface area contributed by atoms with Gasteiger partial charge in [-0.05, 0) is 58.6 Å². The van der Waals surface area contributed by atoms with Gasteiger partial charge in [-0.15, -0.1) is 10.1 Å². The first kappa shape index (κ1) is 27.9. The minimum Gasteiger partial charge on any atom is -0.487 e. The van der Waals surface area contributed by atoms with Crippen LogP contribution in [0.15, 0.2) is 23.8 Å². The van der Waals surface area contributed by atoms with Gasteiger partial charge in [0.2, 0.25) is 0 Å². The van der Waals surface area contributed by atoms with Gasteiger partial charge in [-0.3, -0.25) is 4.79 Å². The molecule has 2 aliphatic rings. The maximum Gasteiger partial charge on any atom is 0.311 e. The van der Waals surface area contributed by atoms with Gasteiger partial charge < -0.3 is 14.3 Å². The van der Waals surface area contributed by atoms with Gasteiger partial charge in [0.1, 0.15) is 17.1 Å². The minimum absolute atomic E-state index is 0.0402. The van der Waals surface area contributed by atoms with Gasteiger partial charge in [0.25, 0.3) is 11.0 Å². The second kappa shape index (κ2) is 11.6. The minimum atomic E-state index is -3.10. The van der Waals surface area contributed by atoms with E-state index in [-0.39, 0.29) is 49.0 Å². The molecule has 0 aromatic heterocycles. The van der Waals surface area contributed by atoms with Crippen molar-refractivity contribution in [3.8, 4) is 11.5 Å². The topological polar surface area (TPSA) is 87.9 Å². The number of hydrogen-bond donors (Lipinski definition) is 0. The quantitative estimate of drug-likeness (QED) is 0.0736. The highest BCUT2D eigenvalue weighted by molar-refractivity contribution is 5.73. The first-order valence-electron chi connectivity index (χ1n) is 12.8. The molecule has 0 radical (unpaired) electrons. The third kappa shape index (κ3) is 6.73. The van der Waals surface area contributed by atoms with Crippen LogP contribution in [0.5, 0.6) is 11.5 Å². The van der Waals surface area contributed by atoms with Crippen LogP contribution in [0, 0.1) is 16.0 Å². The van der Waals surface area contributed by atoms with Gasteiger partial charge in [-0.2, -0.15) is 0 Å².